The first-order valence-corrected chi connectivity index (χ1v) is 13.9. The molecular formula is C33H24N2O4S. The molecule has 0 N–H and O–H groups in total. The summed E-state index contributed by atoms with van der Waals surface area (Å²) < 4.78 is 13.3. The lowest BCUT2D eigenvalue weighted by Gasteiger charge is -2.30. The number of thiazole rings is 1. The summed E-state index contributed by atoms with van der Waals surface area (Å²) in [5, 5.41) is 0. The van der Waals surface area contributed by atoms with Gasteiger partial charge in [-0.2, -0.15) is 0 Å². The number of ether oxygens (including phenoxy) is 1. The number of aromatic nitrogens is 1. The minimum atomic E-state index is -0.388. The van der Waals surface area contributed by atoms with Crippen LogP contribution in [0, 0.1) is 0 Å². The fraction of sp³-hybridized carbons (Fsp3) is 0.121. The van der Waals surface area contributed by atoms with Gasteiger partial charge in [0.2, 0.25) is 0 Å². The molecule has 2 aromatic heterocycles. The van der Waals surface area contributed by atoms with Gasteiger partial charge in [-0.1, -0.05) is 78.1 Å². The van der Waals surface area contributed by atoms with Crippen LogP contribution in [0.1, 0.15) is 45.3 Å². The van der Waals surface area contributed by atoms with Gasteiger partial charge in [0.05, 0.1) is 28.9 Å². The summed E-state index contributed by atoms with van der Waals surface area (Å²) in [5.41, 5.74) is 6.89. The summed E-state index contributed by atoms with van der Waals surface area (Å²) >= 11 is 1.38. The van der Waals surface area contributed by atoms with Gasteiger partial charge in [0.25, 0.3) is 5.56 Å². The van der Waals surface area contributed by atoms with E-state index in [4.69, 9.17) is 14.1 Å². The first-order chi connectivity index (χ1) is 19.6. The Morgan fingerprint density at radius 1 is 0.975 bits per heavy atom. The molecule has 5 aromatic rings. The Hall–Kier alpha value is -4.75. The van der Waals surface area contributed by atoms with Gasteiger partial charge >= 0.3 is 5.97 Å². The average molecular weight is 545 g/mol. The second kappa shape index (κ2) is 9.77. The van der Waals surface area contributed by atoms with Crippen LogP contribution in [-0.2, 0) is 11.2 Å². The van der Waals surface area contributed by atoms with E-state index in [0.717, 1.165) is 35.2 Å². The number of rotatable bonds is 4. The molecule has 0 saturated heterocycles. The van der Waals surface area contributed by atoms with Crippen molar-refractivity contribution in [3.8, 4) is 11.3 Å². The zero-order valence-corrected chi connectivity index (χ0v) is 22.5. The number of hydrogen-bond acceptors (Lipinski definition) is 6. The van der Waals surface area contributed by atoms with Crippen molar-refractivity contribution in [3.05, 3.63) is 144 Å². The molecule has 196 valence electrons. The molecule has 0 unspecified atom stereocenters. The van der Waals surface area contributed by atoms with E-state index in [9.17, 15) is 9.59 Å². The van der Waals surface area contributed by atoms with Crippen LogP contribution < -0.4 is 14.9 Å². The van der Waals surface area contributed by atoms with Gasteiger partial charge in [-0.05, 0) is 53.8 Å². The molecule has 40 heavy (non-hydrogen) atoms. The first-order valence-electron chi connectivity index (χ1n) is 13.1. The van der Waals surface area contributed by atoms with Crippen molar-refractivity contribution in [2.24, 2.45) is 4.99 Å². The largest absolute Gasteiger partial charge is 0.465 e. The summed E-state index contributed by atoms with van der Waals surface area (Å²) in [6, 6.07) is 29.1. The van der Waals surface area contributed by atoms with Crippen molar-refractivity contribution in [2.45, 2.75) is 18.9 Å². The minimum Gasteiger partial charge on any atom is -0.465 e. The quantitative estimate of drug-likeness (QED) is 0.286. The van der Waals surface area contributed by atoms with E-state index in [1.807, 2.05) is 47.0 Å². The van der Waals surface area contributed by atoms with E-state index >= 15 is 0 Å². The van der Waals surface area contributed by atoms with Crippen LogP contribution in [-0.4, -0.2) is 17.6 Å². The fourth-order valence-corrected chi connectivity index (χ4v) is 6.54. The van der Waals surface area contributed by atoms with Crippen molar-refractivity contribution < 1.29 is 13.9 Å². The number of esters is 1. The van der Waals surface area contributed by atoms with E-state index in [1.165, 1.54) is 29.6 Å². The molecule has 0 amide bonds. The third-order valence-electron chi connectivity index (χ3n) is 7.48. The summed E-state index contributed by atoms with van der Waals surface area (Å²) in [6.07, 6.45) is 3.57. The summed E-state index contributed by atoms with van der Waals surface area (Å²) in [5.74, 6) is 0.827. The molecule has 3 aromatic carbocycles. The number of benzene rings is 3. The normalized spacial score (nSPS) is 16.1. The number of allylic oxidation sites excluding steroid dienone is 1. The average Bonchev–Trinajstić information content (AvgIpc) is 3.60. The Morgan fingerprint density at radius 2 is 1.75 bits per heavy atom. The molecule has 0 radical (unpaired) electrons. The van der Waals surface area contributed by atoms with Crippen molar-refractivity contribution in [1.29, 1.82) is 0 Å². The number of carbonyl (C=O) groups is 1. The van der Waals surface area contributed by atoms with E-state index in [0.29, 0.717) is 26.4 Å². The second-order valence-electron chi connectivity index (χ2n) is 9.80. The number of carbonyl (C=O) groups excluding carboxylic acids is 1. The third-order valence-corrected chi connectivity index (χ3v) is 8.46. The van der Waals surface area contributed by atoms with Crippen LogP contribution in [0.3, 0.4) is 0 Å². The molecular weight excluding hydrogens is 520 g/mol. The summed E-state index contributed by atoms with van der Waals surface area (Å²) in [4.78, 5) is 31.4. The van der Waals surface area contributed by atoms with Crippen molar-refractivity contribution in [3.63, 3.8) is 0 Å². The second-order valence-corrected chi connectivity index (χ2v) is 10.8. The highest BCUT2D eigenvalue weighted by Gasteiger charge is 2.32. The zero-order valence-electron chi connectivity index (χ0n) is 21.7. The van der Waals surface area contributed by atoms with Crippen LogP contribution >= 0.6 is 11.3 Å². The lowest BCUT2D eigenvalue weighted by molar-refractivity contribution is 0.0600. The Kier molecular flexibility index (Phi) is 5.94. The molecule has 7 rings (SSSR count). The smallest absolute Gasteiger partial charge is 0.337 e. The fourth-order valence-electron chi connectivity index (χ4n) is 5.56. The number of nitrogens with zero attached hydrogens (tertiary/aromatic N) is 2. The van der Waals surface area contributed by atoms with Crippen LogP contribution in [0.4, 0.5) is 0 Å². The van der Waals surface area contributed by atoms with Gasteiger partial charge < -0.3 is 9.15 Å². The molecule has 0 saturated carbocycles. The Balaban J connectivity index is 1.33. The molecule has 7 heteroatoms. The molecule has 1 atom stereocenters. The van der Waals surface area contributed by atoms with E-state index in [-0.39, 0.29) is 17.6 Å². The SMILES string of the molecule is COC(=O)c1ccc(-c2ccc(/C=c3\sc4n(c3=O)[C@H](c3ccccc3)C3=C(N=4)c4ccccc4CC3)o2)cc1. The van der Waals surface area contributed by atoms with Gasteiger partial charge in [0.1, 0.15) is 11.5 Å². The number of fused-ring (bicyclic) bond motifs is 3. The Labute approximate surface area is 233 Å². The predicted octanol–water partition coefficient (Wildman–Crippen LogP) is 5.37. The van der Waals surface area contributed by atoms with Gasteiger partial charge in [0.15, 0.2) is 4.80 Å². The van der Waals surface area contributed by atoms with Crippen LogP contribution in [0.25, 0.3) is 23.1 Å². The highest BCUT2D eigenvalue weighted by Crippen LogP contribution is 2.41. The molecule has 1 aliphatic carbocycles. The van der Waals surface area contributed by atoms with Crippen LogP contribution in [0.15, 0.2) is 111 Å². The lowest BCUT2D eigenvalue weighted by Crippen LogP contribution is -2.38. The van der Waals surface area contributed by atoms with Gasteiger partial charge in [0, 0.05) is 17.2 Å². The highest BCUT2D eigenvalue weighted by molar-refractivity contribution is 7.07. The standard InChI is InChI=1S/C33H24N2O4S/c1-38-32(37)23-13-11-21(12-14-23)27-18-16-24(39-27)19-28-31(36)35-30(22-8-3-2-4-9-22)26-17-15-20-7-5-6-10-25(20)29(26)34-33(35)40-28/h2-14,16,18-19,30H,15,17H2,1H3/b28-19-/t30-/m1/s1. The lowest BCUT2D eigenvalue weighted by atomic mass is 9.83. The summed E-state index contributed by atoms with van der Waals surface area (Å²) in [7, 11) is 1.36. The van der Waals surface area contributed by atoms with Crippen molar-refractivity contribution >= 4 is 29.1 Å². The topological polar surface area (TPSA) is 73.8 Å². The highest BCUT2D eigenvalue weighted by atomic mass is 32.1. The number of furan rings is 1. The maximum Gasteiger partial charge on any atom is 0.337 e. The molecule has 1 aliphatic heterocycles. The monoisotopic (exact) mass is 544 g/mol. The first kappa shape index (κ1) is 24.3. The molecule has 0 spiro atoms. The van der Waals surface area contributed by atoms with E-state index in [1.54, 1.807) is 18.2 Å². The summed E-state index contributed by atoms with van der Waals surface area (Å²) in [6.45, 7) is 0. The maximum atomic E-state index is 13.9. The molecule has 3 heterocycles. The van der Waals surface area contributed by atoms with Gasteiger partial charge in [-0.25, -0.2) is 9.79 Å². The van der Waals surface area contributed by atoms with Crippen molar-refractivity contribution in [2.75, 3.05) is 7.11 Å². The molecule has 2 aliphatic rings. The van der Waals surface area contributed by atoms with Crippen LogP contribution in [0.5, 0.6) is 0 Å². The Bertz CT molecular complexity index is 1980. The number of aryl methyl sites for hydroxylation is 1. The van der Waals surface area contributed by atoms with E-state index < -0.39 is 0 Å². The number of methoxy groups -OCH3 is 1. The van der Waals surface area contributed by atoms with Crippen molar-refractivity contribution in [1.82, 2.24) is 4.57 Å². The molecule has 6 nitrogen and oxygen atoms in total. The Morgan fingerprint density at radius 3 is 2.55 bits per heavy atom. The number of hydrogen-bond donors (Lipinski definition) is 0. The van der Waals surface area contributed by atoms with Crippen LogP contribution in [0.2, 0.25) is 0 Å². The van der Waals surface area contributed by atoms with Gasteiger partial charge in [-0.15, -0.1) is 0 Å². The zero-order chi connectivity index (χ0) is 27.2. The minimum absolute atomic E-state index is 0.0802. The molecule has 0 bridgehead atoms. The third kappa shape index (κ3) is 4.06. The van der Waals surface area contributed by atoms with Gasteiger partial charge in [-0.3, -0.25) is 9.36 Å². The molecule has 0 fully saturated rings. The maximum absolute atomic E-state index is 13.9. The predicted molar refractivity (Wildman–Crippen MR) is 155 cm³/mol. The van der Waals surface area contributed by atoms with E-state index in [2.05, 4.69) is 36.4 Å².